The number of nitrogens with two attached hydrogens (primary N) is 1. The van der Waals surface area contributed by atoms with Crippen LogP contribution in [0.15, 0.2) is 49.2 Å². The van der Waals surface area contributed by atoms with Crippen LogP contribution in [-0.2, 0) is 30.9 Å². The van der Waals surface area contributed by atoms with Gasteiger partial charge in [-0.15, -0.1) is 5.10 Å². The van der Waals surface area contributed by atoms with E-state index >= 15 is 0 Å². The summed E-state index contributed by atoms with van der Waals surface area (Å²) in [6.45, 7) is 1.12. The van der Waals surface area contributed by atoms with Gasteiger partial charge in [0.05, 0.1) is 25.7 Å². The number of rotatable bonds is 7. The number of phenols is 4. The maximum Gasteiger partial charge on any atom is 0.165 e. The first-order valence-electron chi connectivity index (χ1n) is 12.0. The van der Waals surface area contributed by atoms with Crippen molar-refractivity contribution in [3.63, 3.8) is 0 Å². The molecule has 14 nitrogen and oxygen atoms in total. The zero-order chi connectivity index (χ0) is 27.1. The van der Waals surface area contributed by atoms with Crippen molar-refractivity contribution in [1.29, 1.82) is 0 Å². The summed E-state index contributed by atoms with van der Waals surface area (Å²) in [5.41, 5.74) is 8.63. The van der Waals surface area contributed by atoms with Crippen molar-refractivity contribution in [2.45, 2.75) is 38.3 Å². The van der Waals surface area contributed by atoms with Crippen LogP contribution in [-0.4, -0.2) is 61.0 Å². The third kappa shape index (κ3) is 4.68. The molecular formula is C25H24N8O6. The summed E-state index contributed by atoms with van der Waals surface area (Å²) < 4.78 is 15.8. The number of nitrogens with zero attached hydrogens (tertiary/aromatic N) is 7. The third-order valence-corrected chi connectivity index (χ3v) is 6.53. The SMILES string of the molecule is Nc1ncnc2c1ncn2CCn1cc(CO[C@H]2Cc3c(O)cc(O)cc3O[C@@H]2c2ccc(O)c(O)c2)nn1. The van der Waals surface area contributed by atoms with E-state index in [0.717, 1.165) is 0 Å². The minimum absolute atomic E-state index is 0.0978. The molecule has 200 valence electrons. The summed E-state index contributed by atoms with van der Waals surface area (Å²) in [4.78, 5) is 12.4. The van der Waals surface area contributed by atoms with Crippen LogP contribution in [0.2, 0.25) is 0 Å². The van der Waals surface area contributed by atoms with E-state index in [1.54, 1.807) is 23.3 Å². The molecule has 6 rings (SSSR count). The number of aryl methyl sites for hydroxylation is 2. The zero-order valence-corrected chi connectivity index (χ0v) is 20.4. The number of fused-ring (bicyclic) bond motifs is 2. The van der Waals surface area contributed by atoms with Gasteiger partial charge in [0.15, 0.2) is 29.1 Å². The molecule has 0 unspecified atom stereocenters. The summed E-state index contributed by atoms with van der Waals surface area (Å²) in [6, 6.07) is 7.00. The molecule has 0 bridgehead atoms. The molecule has 1 aliphatic heterocycles. The zero-order valence-electron chi connectivity index (χ0n) is 20.4. The Kier molecular flexibility index (Phi) is 5.99. The molecule has 1 aliphatic rings. The van der Waals surface area contributed by atoms with Crippen LogP contribution in [0.4, 0.5) is 5.82 Å². The maximum atomic E-state index is 10.4. The standard InChI is InChI=1S/C25H24N8O6/c26-24-22-25(28-11-27-24)32(12-29-22)3-4-33-9-14(30-31-33)10-38-21-8-16-18(36)6-15(34)7-20(16)39-23(21)13-1-2-17(35)19(37)5-13/h1-2,5-7,9,11-12,21,23,34-37H,3-4,8,10H2,(H2,26,27,28)/t21-,23+/m0/s1. The molecule has 39 heavy (non-hydrogen) atoms. The highest BCUT2D eigenvalue weighted by atomic mass is 16.5. The van der Waals surface area contributed by atoms with Crippen molar-refractivity contribution in [3.05, 3.63) is 66.0 Å². The largest absolute Gasteiger partial charge is 0.508 e. The number of hydrogen-bond donors (Lipinski definition) is 5. The van der Waals surface area contributed by atoms with Gasteiger partial charge in [-0.25, -0.2) is 15.0 Å². The molecule has 4 heterocycles. The fourth-order valence-corrected chi connectivity index (χ4v) is 4.57. The van der Waals surface area contributed by atoms with Crippen molar-refractivity contribution in [2.75, 3.05) is 5.73 Å². The molecule has 6 N–H and O–H groups in total. The molecule has 0 amide bonds. The molecule has 0 aliphatic carbocycles. The molecule has 0 saturated heterocycles. The van der Waals surface area contributed by atoms with Gasteiger partial charge in [0.1, 0.15) is 40.9 Å². The lowest BCUT2D eigenvalue weighted by Crippen LogP contribution is -2.33. The highest BCUT2D eigenvalue weighted by Gasteiger charge is 2.35. The van der Waals surface area contributed by atoms with E-state index in [4.69, 9.17) is 15.2 Å². The molecule has 2 atom stereocenters. The second kappa shape index (κ2) is 9.64. The van der Waals surface area contributed by atoms with Gasteiger partial charge >= 0.3 is 0 Å². The van der Waals surface area contributed by atoms with E-state index < -0.39 is 12.2 Å². The van der Waals surface area contributed by atoms with Gasteiger partial charge in [0, 0.05) is 30.7 Å². The van der Waals surface area contributed by atoms with Crippen LogP contribution < -0.4 is 10.5 Å². The molecule has 0 saturated carbocycles. The van der Waals surface area contributed by atoms with Crippen LogP contribution in [0.25, 0.3) is 11.2 Å². The lowest BCUT2D eigenvalue weighted by molar-refractivity contribution is -0.0476. The highest BCUT2D eigenvalue weighted by molar-refractivity contribution is 5.81. The number of imidazole rings is 1. The second-order valence-electron chi connectivity index (χ2n) is 9.12. The van der Waals surface area contributed by atoms with Crippen molar-refractivity contribution in [3.8, 4) is 28.7 Å². The predicted molar refractivity (Wildman–Crippen MR) is 135 cm³/mol. The number of phenolic OH excluding ortho intramolecular Hbond substituents is 4. The van der Waals surface area contributed by atoms with Gasteiger partial charge in [-0.2, -0.15) is 0 Å². The van der Waals surface area contributed by atoms with Gasteiger partial charge in [-0.05, 0) is 17.7 Å². The Morgan fingerprint density at radius 3 is 2.72 bits per heavy atom. The summed E-state index contributed by atoms with van der Waals surface area (Å²) in [7, 11) is 0. The summed E-state index contributed by atoms with van der Waals surface area (Å²) >= 11 is 0. The lowest BCUT2D eigenvalue weighted by Gasteiger charge is -2.34. The minimum atomic E-state index is -0.704. The van der Waals surface area contributed by atoms with Gasteiger partial charge in [0.25, 0.3) is 0 Å². The normalized spacial score (nSPS) is 16.7. The predicted octanol–water partition coefficient (Wildman–Crippen LogP) is 1.78. The fourth-order valence-electron chi connectivity index (χ4n) is 4.57. The Bertz CT molecular complexity index is 1670. The third-order valence-electron chi connectivity index (χ3n) is 6.53. The van der Waals surface area contributed by atoms with Crippen molar-refractivity contribution >= 4 is 17.0 Å². The molecule has 2 aromatic carbocycles. The van der Waals surface area contributed by atoms with Gasteiger partial charge in [-0.1, -0.05) is 11.3 Å². The molecule has 14 heteroatoms. The van der Waals surface area contributed by atoms with Crippen LogP contribution in [0, 0.1) is 0 Å². The second-order valence-corrected chi connectivity index (χ2v) is 9.12. The average Bonchev–Trinajstić information content (AvgIpc) is 3.55. The van der Waals surface area contributed by atoms with Gasteiger partial charge < -0.3 is 40.2 Å². The minimum Gasteiger partial charge on any atom is -0.508 e. The number of hydrogen-bond acceptors (Lipinski definition) is 12. The number of aromatic hydroxyl groups is 4. The monoisotopic (exact) mass is 532 g/mol. The summed E-state index contributed by atoms with van der Waals surface area (Å²) in [5, 5.41) is 48.4. The number of nitrogen functional groups attached to an aromatic ring is 1. The Morgan fingerprint density at radius 2 is 1.87 bits per heavy atom. The highest BCUT2D eigenvalue weighted by Crippen LogP contribution is 2.43. The van der Waals surface area contributed by atoms with Crippen LogP contribution in [0.3, 0.4) is 0 Å². The van der Waals surface area contributed by atoms with Gasteiger partial charge in [-0.3, -0.25) is 4.68 Å². The number of anilines is 1. The Morgan fingerprint density at radius 1 is 1.00 bits per heavy atom. The van der Waals surface area contributed by atoms with E-state index in [1.165, 1.54) is 30.6 Å². The smallest absolute Gasteiger partial charge is 0.165 e. The Hall–Kier alpha value is -5.11. The molecule has 3 aromatic heterocycles. The fraction of sp³-hybridized carbons (Fsp3) is 0.240. The van der Waals surface area contributed by atoms with Crippen molar-refractivity contribution in [2.24, 2.45) is 0 Å². The van der Waals surface area contributed by atoms with Crippen LogP contribution >= 0.6 is 0 Å². The summed E-state index contributed by atoms with van der Waals surface area (Å²) in [5.74, 6) is -0.208. The maximum absolute atomic E-state index is 10.4. The average molecular weight is 533 g/mol. The molecular weight excluding hydrogens is 508 g/mol. The van der Waals surface area contributed by atoms with E-state index in [0.29, 0.717) is 52.6 Å². The van der Waals surface area contributed by atoms with Crippen LogP contribution in [0.1, 0.15) is 22.9 Å². The Balaban J connectivity index is 1.17. The molecule has 5 aromatic rings. The first-order chi connectivity index (χ1) is 18.9. The van der Waals surface area contributed by atoms with Gasteiger partial charge in [0.2, 0.25) is 0 Å². The quantitative estimate of drug-likeness (QED) is 0.191. The summed E-state index contributed by atoms with van der Waals surface area (Å²) in [6.07, 6.45) is 3.77. The van der Waals surface area contributed by atoms with E-state index in [1.807, 2.05) is 4.57 Å². The lowest BCUT2D eigenvalue weighted by atomic mass is 9.93. The Labute approximate surface area is 220 Å². The van der Waals surface area contributed by atoms with Crippen LogP contribution in [0.5, 0.6) is 28.7 Å². The number of benzene rings is 2. The first kappa shape index (κ1) is 24.2. The van der Waals surface area contributed by atoms with Crippen molar-refractivity contribution < 1.29 is 29.9 Å². The first-order valence-corrected chi connectivity index (χ1v) is 12.0. The van der Waals surface area contributed by atoms with E-state index in [9.17, 15) is 20.4 Å². The topological polar surface area (TPSA) is 200 Å². The van der Waals surface area contributed by atoms with Crippen molar-refractivity contribution in [1.82, 2.24) is 34.5 Å². The number of aromatic nitrogens is 7. The number of ether oxygens (including phenoxy) is 2. The van der Waals surface area contributed by atoms with E-state index in [2.05, 4.69) is 25.3 Å². The van der Waals surface area contributed by atoms with E-state index in [-0.39, 0.29) is 36.0 Å². The molecule has 0 radical (unpaired) electrons. The molecule has 0 fully saturated rings. The molecule has 0 spiro atoms.